The molecule has 1 aromatic carbocycles. The lowest BCUT2D eigenvalue weighted by molar-refractivity contribution is -0.121. The van der Waals surface area contributed by atoms with Crippen molar-refractivity contribution in [1.82, 2.24) is 0 Å². The zero-order valence-electron chi connectivity index (χ0n) is 6.99. The van der Waals surface area contributed by atoms with Crippen LogP contribution in [0.5, 0.6) is 0 Å². The van der Waals surface area contributed by atoms with Gasteiger partial charge >= 0.3 is 0 Å². The number of amides is 2. The van der Waals surface area contributed by atoms with E-state index in [0.717, 1.165) is 0 Å². The van der Waals surface area contributed by atoms with Crippen molar-refractivity contribution in [2.45, 2.75) is 12.8 Å². The number of hydrogen-bond acceptors (Lipinski definition) is 2. The Bertz CT molecular complexity index is 329. The van der Waals surface area contributed by atoms with Crippen LogP contribution in [0, 0.1) is 6.07 Å². The third-order valence-corrected chi connectivity index (χ3v) is 2.00. The number of carbonyl (C=O) groups excluding carboxylic acids is 2. The summed E-state index contributed by atoms with van der Waals surface area (Å²) < 4.78 is 0. The minimum atomic E-state index is -0.121. The molecule has 1 aliphatic rings. The van der Waals surface area contributed by atoms with Gasteiger partial charge in [-0.15, -0.1) is 0 Å². The van der Waals surface area contributed by atoms with Crippen LogP contribution in [0.2, 0.25) is 0 Å². The van der Waals surface area contributed by atoms with E-state index < -0.39 is 0 Å². The van der Waals surface area contributed by atoms with Gasteiger partial charge in [-0.2, -0.15) is 0 Å². The molecule has 13 heavy (non-hydrogen) atoms. The van der Waals surface area contributed by atoms with Crippen LogP contribution in [0.4, 0.5) is 5.69 Å². The second-order valence-electron chi connectivity index (χ2n) is 2.88. The molecule has 3 heteroatoms. The summed E-state index contributed by atoms with van der Waals surface area (Å²) in [6.45, 7) is 0. The zero-order chi connectivity index (χ0) is 9.26. The molecule has 1 heterocycles. The van der Waals surface area contributed by atoms with E-state index in [0.29, 0.717) is 18.5 Å². The van der Waals surface area contributed by atoms with Gasteiger partial charge < -0.3 is 0 Å². The van der Waals surface area contributed by atoms with Crippen LogP contribution in [0.3, 0.4) is 0 Å². The normalized spacial score (nSPS) is 16.8. The first-order valence-corrected chi connectivity index (χ1v) is 4.11. The van der Waals surface area contributed by atoms with Crippen LogP contribution in [-0.4, -0.2) is 11.8 Å². The highest BCUT2D eigenvalue weighted by molar-refractivity contribution is 6.19. The van der Waals surface area contributed by atoms with Gasteiger partial charge in [0.25, 0.3) is 0 Å². The maximum atomic E-state index is 11.3. The molecule has 0 unspecified atom stereocenters. The number of imide groups is 1. The number of hydrogen-bond donors (Lipinski definition) is 0. The fourth-order valence-electron chi connectivity index (χ4n) is 1.39. The molecule has 1 aliphatic heterocycles. The molecular formula is C10H8NO2. The smallest absolute Gasteiger partial charge is 0.234 e. The van der Waals surface area contributed by atoms with Gasteiger partial charge in [-0.05, 0) is 18.2 Å². The van der Waals surface area contributed by atoms with Crippen LogP contribution < -0.4 is 4.90 Å². The van der Waals surface area contributed by atoms with Crippen molar-refractivity contribution < 1.29 is 9.59 Å². The van der Waals surface area contributed by atoms with E-state index >= 15 is 0 Å². The Labute approximate surface area is 76.0 Å². The van der Waals surface area contributed by atoms with Gasteiger partial charge in [-0.25, -0.2) is 0 Å². The SMILES string of the molecule is O=C1CCC(=O)N1c1c[c]ccc1. The average molecular weight is 174 g/mol. The molecule has 0 saturated carbocycles. The van der Waals surface area contributed by atoms with Crippen LogP contribution >= 0.6 is 0 Å². The molecule has 65 valence electrons. The molecule has 0 aliphatic carbocycles. The molecular weight excluding hydrogens is 166 g/mol. The Morgan fingerprint density at radius 1 is 1.23 bits per heavy atom. The predicted octanol–water partition coefficient (Wildman–Crippen LogP) is 1.14. The van der Waals surface area contributed by atoms with Gasteiger partial charge in [-0.3, -0.25) is 14.5 Å². The molecule has 1 saturated heterocycles. The van der Waals surface area contributed by atoms with Crippen LogP contribution in [0.1, 0.15) is 12.8 Å². The third kappa shape index (κ3) is 1.33. The number of nitrogens with zero attached hydrogens (tertiary/aromatic N) is 1. The van der Waals surface area contributed by atoms with Gasteiger partial charge in [0.1, 0.15) is 0 Å². The van der Waals surface area contributed by atoms with E-state index in [9.17, 15) is 9.59 Å². The minimum Gasteiger partial charge on any atom is -0.274 e. The van der Waals surface area contributed by atoms with E-state index in [-0.39, 0.29) is 11.8 Å². The van der Waals surface area contributed by atoms with Gasteiger partial charge in [0.05, 0.1) is 5.69 Å². The lowest BCUT2D eigenvalue weighted by Crippen LogP contribution is -2.28. The molecule has 1 radical (unpaired) electrons. The Kier molecular flexibility index (Phi) is 1.85. The van der Waals surface area contributed by atoms with Crippen molar-refractivity contribution >= 4 is 17.5 Å². The first-order valence-electron chi connectivity index (χ1n) is 4.11. The second-order valence-corrected chi connectivity index (χ2v) is 2.88. The summed E-state index contributed by atoms with van der Waals surface area (Å²) >= 11 is 0. The molecule has 1 aromatic rings. The third-order valence-electron chi connectivity index (χ3n) is 2.00. The minimum absolute atomic E-state index is 0.121. The first kappa shape index (κ1) is 7.98. The van der Waals surface area contributed by atoms with Crippen molar-refractivity contribution in [3.8, 4) is 0 Å². The van der Waals surface area contributed by atoms with Crippen molar-refractivity contribution in [2.75, 3.05) is 4.90 Å². The van der Waals surface area contributed by atoms with E-state index in [4.69, 9.17) is 0 Å². The van der Waals surface area contributed by atoms with Gasteiger partial charge in [0.2, 0.25) is 11.8 Å². The molecule has 2 amide bonds. The maximum Gasteiger partial charge on any atom is 0.234 e. The fraction of sp³-hybridized carbons (Fsp3) is 0.200. The molecule has 0 N–H and O–H groups in total. The van der Waals surface area contributed by atoms with E-state index in [1.165, 1.54) is 4.90 Å². The molecule has 3 nitrogen and oxygen atoms in total. The Hall–Kier alpha value is -1.64. The number of benzene rings is 1. The summed E-state index contributed by atoms with van der Waals surface area (Å²) in [7, 11) is 0. The van der Waals surface area contributed by atoms with Crippen LogP contribution in [0.15, 0.2) is 24.3 Å². The summed E-state index contributed by atoms with van der Waals surface area (Å²) in [5.74, 6) is -0.241. The Morgan fingerprint density at radius 2 is 1.92 bits per heavy atom. The van der Waals surface area contributed by atoms with E-state index in [1.807, 2.05) is 0 Å². The van der Waals surface area contributed by atoms with Crippen molar-refractivity contribution in [2.24, 2.45) is 0 Å². The van der Waals surface area contributed by atoms with Crippen LogP contribution in [-0.2, 0) is 9.59 Å². The van der Waals surface area contributed by atoms with Crippen molar-refractivity contribution in [3.63, 3.8) is 0 Å². The van der Waals surface area contributed by atoms with Gasteiger partial charge in [-0.1, -0.05) is 12.1 Å². The summed E-state index contributed by atoms with van der Waals surface area (Å²) in [4.78, 5) is 23.8. The van der Waals surface area contributed by atoms with Crippen LogP contribution in [0.25, 0.3) is 0 Å². The molecule has 0 spiro atoms. The Balaban J connectivity index is 2.36. The van der Waals surface area contributed by atoms with Gasteiger partial charge in [0.15, 0.2) is 0 Å². The highest BCUT2D eigenvalue weighted by Crippen LogP contribution is 2.21. The quantitative estimate of drug-likeness (QED) is 0.599. The summed E-state index contributed by atoms with van der Waals surface area (Å²) in [5.41, 5.74) is 0.620. The number of carbonyl (C=O) groups is 2. The fourth-order valence-corrected chi connectivity index (χ4v) is 1.39. The average Bonchev–Trinajstić information content (AvgIpc) is 2.48. The highest BCUT2D eigenvalue weighted by atomic mass is 16.2. The van der Waals surface area contributed by atoms with E-state index in [1.54, 1.807) is 24.3 Å². The highest BCUT2D eigenvalue weighted by Gasteiger charge is 2.29. The first-order chi connectivity index (χ1) is 6.29. The van der Waals surface area contributed by atoms with Crippen molar-refractivity contribution in [1.29, 1.82) is 0 Å². The zero-order valence-corrected chi connectivity index (χ0v) is 6.99. The second kappa shape index (κ2) is 3.01. The number of rotatable bonds is 1. The lowest BCUT2D eigenvalue weighted by atomic mass is 10.3. The Morgan fingerprint density at radius 3 is 2.46 bits per heavy atom. The summed E-state index contributed by atoms with van der Waals surface area (Å²) in [5, 5.41) is 0. The largest absolute Gasteiger partial charge is 0.274 e. The molecule has 2 rings (SSSR count). The molecule has 0 atom stereocenters. The molecule has 0 aromatic heterocycles. The summed E-state index contributed by atoms with van der Waals surface area (Å²) in [6.07, 6.45) is 0.654. The summed E-state index contributed by atoms with van der Waals surface area (Å²) in [6, 6.07) is 9.70. The molecule has 0 bridgehead atoms. The topological polar surface area (TPSA) is 37.4 Å². The van der Waals surface area contributed by atoms with E-state index in [2.05, 4.69) is 6.07 Å². The predicted molar refractivity (Wildman–Crippen MR) is 47.0 cm³/mol. The number of anilines is 1. The standard InChI is InChI=1S/C10H8NO2/c12-9-6-7-10(13)11(9)8-4-2-1-3-5-8/h1-2,4-5H,6-7H2. The van der Waals surface area contributed by atoms with Crippen molar-refractivity contribution in [3.05, 3.63) is 30.3 Å². The van der Waals surface area contributed by atoms with Gasteiger partial charge in [0, 0.05) is 12.8 Å². The maximum absolute atomic E-state index is 11.3. The molecule has 1 fully saturated rings. The lowest BCUT2D eigenvalue weighted by Gasteiger charge is -2.12. The monoisotopic (exact) mass is 174 g/mol.